The van der Waals surface area contributed by atoms with Gasteiger partial charge in [0.05, 0.1) is 16.9 Å². The summed E-state index contributed by atoms with van der Waals surface area (Å²) in [6.45, 7) is 4.37. The number of nitrogens with one attached hydrogen (secondary N) is 1. The lowest BCUT2D eigenvalue weighted by Crippen LogP contribution is -2.48. The molecule has 1 heterocycles. The Bertz CT molecular complexity index is 785. The van der Waals surface area contributed by atoms with Gasteiger partial charge in [0, 0.05) is 19.1 Å². The van der Waals surface area contributed by atoms with Crippen molar-refractivity contribution in [3.05, 3.63) is 29.3 Å². The quantitative estimate of drug-likeness (QED) is 0.819. The van der Waals surface area contributed by atoms with Gasteiger partial charge in [-0.1, -0.05) is 12.1 Å². The van der Waals surface area contributed by atoms with Crippen LogP contribution in [0.1, 0.15) is 49.7 Å². The molecule has 1 aromatic rings. The first-order valence-electron chi connectivity index (χ1n) is 9.83. The molecule has 0 radical (unpaired) electrons. The highest BCUT2D eigenvalue weighted by atomic mass is 32.2. The average Bonchev–Trinajstić information content (AvgIpc) is 2.65. The highest BCUT2D eigenvalue weighted by Gasteiger charge is 2.35. The van der Waals surface area contributed by atoms with Crippen LogP contribution >= 0.6 is 0 Å². The normalized spacial score (nSPS) is 27.3. The number of carbonyl (C=O) groups excluding carboxylic acids is 1. The summed E-state index contributed by atoms with van der Waals surface area (Å²) in [5, 5.41) is 12.7. The molecule has 0 unspecified atom stereocenters. The van der Waals surface area contributed by atoms with E-state index in [0.717, 1.165) is 24.0 Å². The number of carbonyl (C=O) groups is 1. The highest BCUT2D eigenvalue weighted by Crippen LogP contribution is 2.27. The third-order valence-electron chi connectivity index (χ3n) is 5.76. The summed E-state index contributed by atoms with van der Waals surface area (Å²) in [5.74, 6) is -0.372. The van der Waals surface area contributed by atoms with Gasteiger partial charge in [0.2, 0.25) is 15.9 Å². The molecule has 27 heavy (non-hydrogen) atoms. The van der Waals surface area contributed by atoms with E-state index in [1.54, 1.807) is 13.0 Å². The smallest absolute Gasteiger partial charge is 0.243 e. The third-order valence-corrected chi connectivity index (χ3v) is 7.77. The number of benzene rings is 1. The molecule has 0 spiro atoms. The van der Waals surface area contributed by atoms with Gasteiger partial charge >= 0.3 is 0 Å². The van der Waals surface area contributed by atoms with Crippen LogP contribution in [-0.2, 0) is 14.8 Å². The summed E-state index contributed by atoms with van der Waals surface area (Å²) in [6.07, 6.45) is 4.12. The molecular weight excluding hydrogens is 364 g/mol. The average molecular weight is 395 g/mol. The fourth-order valence-electron chi connectivity index (χ4n) is 4.04. The van der Waals surface area contributed by atoms with Crippen LogP contribution in [0.25, 0.3) is 0 Å². The molecule has 1 saturated heterocycles. The maximum atomic E-state index is 13.1. The van der Waals surface area contributed by atoms with E-state index in [1.165, 1.54) is 4.31 Å². The van der Waals surface area contributed by atoms with E-state index in [9.17, 15) is 18.3 Å². The van der Waals surface area contributed by atoms with E-state index < -0.39 is 10.0 Å². The molecule has 150 valence electrons. The first-order chi connectivity index (χ1) is 12.8. The Balaban J connectivity index is 1.68. The minimum atomic E-state index is -3.60. The second kappa shape index (κ2) is 8.29. The summed E-state index contributed by atoms with van der Waals surface area (Å²) in [5.41, 5.74) is 1.64. The van der Waals surface area contributed by atoms with E-state index in [-0.39, 0.29) is 30.5 Å². The van der Waals surface area contributed by atoms with E-state index in [0.29, 0.717) is 37.1 Å². The molecule has 2 N–H and O–H groups in total. The van der Waals surface area contributed by atoms with Crippen LogP contribution in [-0.4, -0.2) is 49.0 Å². The summed E-state index contributed by atoms with van der Waals surface area (Å²) in [4.78, 5) is 13.0. The Morgan fingerprint density at radius 2 is 1.85 bits per heavy atom. The predicted molar refractivity (Wildman–Crippen MR) is 104 cm³/mol. The van der Waals surface area contributed by atoms with Crippen molar-refractivity contribution in [2.24, 2.45) is 5.92 Å². The van der Waals surface area contributed by atoms with Crippen LogP contribution in [0.4, 0.5) is 0 Å². The number of aliphatic hydroxyl groups excluding tert-OH is 1. The number of sulfonamides is 1. The standard InChI is InChI=1S/C20H30N2O4S/c1-14-5-6-15(2)19(12-14)27(25,26)22-11-3-4-16(13-22)20(24)21-17-7-9-18(23)10-8-17/h5-6,12,16-18,23H,3-4,7-11,13H2,1-2H3,(H,21,24)/t16-,17-,18-/m0/s1. The monoisotopic (exact) mass is 394 g/mol. The van der Waals surface area contributed by atoms with Gasteiger partial charge in [-0.25, -0.2) is 8.42 Å². The highest BCUT2D eigenvalue weighted by molar-refractivity contribution is 7.89. The number of hydrogen-bond acceptors (Lipinski definition) is 4. The van der Waals surface area contributed by atoms with E-state index in [2.05, 4.69) is 5.32 Å². The van der Waals surface area contributed by atoms with Crippen LogP contribution in [0.3, 0.4) is 0 Å². The Morgan fingerprint density at radius 3 is 2.56 bits per heavy atom. The molecule has 1 atom stereocenters. The molecule has 0 aromatic heterocycles. The Hall–Kier alpha value is -1.44. The molecule has 1 aliphatic carbocycles. The van der Waals surface area contributed by atoms with Gasteiger partial charge in [-0.3, -0.25) is 4.79 Å². The second-order valence-electron chi connectivity index (χ2n) is 7.99. The summed E-state index contributed by atoms with van der Waals surface area (Å²) >= 11 is 0. The minimum absolute atomic E-state index is 0.0581. The number of rotatable bonds is 4. The van der Waals surface area contributed by atoms with Crippen LogP contribution in [0.15, 0.2) is 23.1 Å². The van der Waals surface area contributed by atoms with Gasteiger partial charge in [0.25, 0.3) is 0 Å². The summed E-state index contributed by atoms with van der Waals surface area (Å²) in [7, 11) is -3.60. The van der Waals surface area contributed by atoms with Crippen LogP contribution < -0.4 is 5.32 Å². The Kier molecular flexibility index (Phi) is 6.23. The zero-order valence-corrected chi connectivity index (χ0v) is 17.0. The predicted octanol–water partition coefficient (Wildman–Crippen LogP) is 2.12. The first kappa shape index (κ1) is 20.3. The van der Waals surface area contributed by atoms with Crippen molar-refractivity contribution in [1.29, 1.82) is 0 Å². The number of hydrogen-bond donors (Lipinski definition) is 2. The third kappa shape index (κ3) is 4.70. The van der Waals surface area contributed by atoms with Crippen molar-refractivity contribution < 1.29 is 18.3 Å². The van der Waals surface area contributed by atoms with Crippen molar-refractivity contribution in [1.82, 2.24) is 9.62 Å². The molecule has 3 rings (SSSR count). The van der Waals surface area contributed by atoms with Crippen molar-refractivity contribution in [3.8, 4) is 0 Å². The van der Waals surface area contributed by atoms with Crippen LogP contribution in [0, 0.1) is 19.8 Å². The van der Waals surface area contributed by atoms with E-state index in [1.807, 2.05) is 19.1 Å². The number of amides is 1. The summed E-state index contributed by atoms with van der Waals surface area (Å²) < 4.78 is 27.7. The lowest BCUT2D eigenvalue weighted by atomic mass is 9.92. The molecule has 1 amide bonds. The summed E-state index contributed by atoms with van der Waals surface area (Å²) in [6, 6.07) is 5.53. The fourth-order valence-corrected chi connectivity index (χ4v) is 5.87. The fraction of sp³-hybridized carbons (Fsp3) is 0.650. The lowest BCUT2D eigenvalue weighted by molar-refractivity contribution is -0.127. The van der Waals surface area contributed by atoms with Crippen molar-refractivity contribution in [2.45, 2.75) is 69.4 Å². The van der Waals surface area contributed by atoms with Gasteiger partial charge < -0.3 is 10.4 Å². The molecule has 7 heteroatoms. The Labute approximate surface area is 162 Å². The van der Waals surface area contributed by atoms with Gasteiger partial charge in [-0.2, -0.15) is 4.31 Å². The number of aliphatic hydroxyl groups is 1. The molecule has 6 nitrogen and oxygen atoms in total. The van der Waals surface area contributed by atoms with Crippen LogP contribution in [0.2, 0.25) is 0 Å². The van der Waals surface area contributed by atoms with Gasteiger partial charge in [-0.05, 0) is 69.6 Å². The molecule has 2 fully saturated rings. The van der Waals surface area contributed by atoms with Gasteiger partial charge in [-0.15, -0.1) is 0 Å². The number of aryl methyl sites for hydroxylation is 2. The molecule has 2 aliphatic rings. The molecule has 1 saturated carbocycles. The topological polar surface area (TPSA) is 86.7 Å². The molecule has 1 aromatic carbocycles. The SMILES string of the molecule is Cc1ccc(C)c(S(=O)(=O)N2CCC[C@H](C(=O)N[C@H]3CC[C@H](O)CC3)C2)c1. The number of piperidine rings is 1. The van der Waals surface area contributed by atoms with E-state index >= 15 is 0 Å². The zero-order valence-electron chi connectivity index (χ0n) is 16.1. The van der Waals surface area contributed by atoms with Gasteiger partial charge in [0.15, 0.2) is 0 Å². The van der Waals surface area contributed by atoms with E-state index in [4.69, 9.17) is 0 Å². The molecular formula is C20H30N2O4S. The zero-order chi connectivity index (χ0) is 19.6. The van der Waals surface area contributed by atoms with Crippen molar-refractivity contribution >= 4 is 15.9 Å². The van der Waals surface area contributed by atoms with Crippen molar-refractivity contribution in [3.63, 3.8) is 0 Å². The Morgan fingerprint density at radius 1 is 1.15 bits per heavy atom. The maximum Gasteiger partial charge on any atom is 0.243 e. The first-order valence-corrected chi connectivity index (χ1v) is 11.3. The number of nitrogens with zero attached hydrogens (tertiary/aromatic N) is 1. The lowest BCUT2D eigenvalue weighted by Gasteiger charge is -2.33. The maximum absolute atomic E-state index is 13.1. The molecule has 1 aliphatic heterocycles. The molecule has 0 bridgehead atoms. The van der Waals surface area contributed by atoms with Gasteiger partial charge in [0.1, 0.15) is 0 Å². The second-order valence-corrected chi connectivity index (χ2v) is 9.89. The minimum Gasteiger partial charge on any atom is -0.393 e. The van der Waals surface area contributed by atoms with Crippen LogP contribution in [0.5, 0.6) is 0 Å². The largest absolute Gasteiger partial charge is 0.393 e. The van der Waals surface area contributed by atoms with Crippen molar-refractivity contribution in [2.75, 3.05) is 13.1 Å².